The number of hydrogen-bond donors (Lipinski definition) is 1. The van der Waals surface area contributed by atoms with Gasteiger partial charge in [0.25, 0.3) is 5.56 Å². The third-order valence-electron chi connectivity index (χ3n) is 4.85. The van der Waals surface area contributed by atoms with Crippen molar-refractivity contribution in [1.82, 2.24) is 9.55 Å². The van der Waals surface area contributed by atoms with Crippen molar-refractivity contribution in [3.05, 3.63) is 46.1 Å². The van der Waals surface area contributed by atoms with E-state index in [0.717, 1.165) is 31.4 Å². The van der Waals surface area contributed by atoms with Gasteiger partial charge in [0.1, 0.15) is 10.4 Å². The van der Waals surface area contributed by atoms with E-state index < -0.39 is 0 Å². The number of methoxy groups -OCH3 is 1. The molecule has 0 aliphatic carbocycles. The zero-order chi connectivity index (χ0) is 19.5. The lowest BCUT2D eigenvalue weighted by Crippen LogP contribution is -2.32. The Kier molecular flexibility index (Phi) is 5.29. The second-order valence-corrected chi connectivity index (χ2v) is 7.64. The van der Waals surface area contributed by atoms with Gasteiger partial charge in [-0.05, 0) is 36.4 Å². The Bertz CT molecular complexity index is 1050. The monoisotopic (exact) mass is 398 g/mol. The van der Waals surface area contributed by atoms with Crippen LogP contribution in [0, 0.1) is 0 Å². The van der Waals surface area contributed by atoms with Gasteiger partial charge in [0.2, 0.25) is 11.9 Å². The Labute approximate surface area is 166 Å². The van der Waals surface area contributed by atoms with Crippen molar-refractivity contribution < 1.29 is 9.53 Å². The van der Waals surface area contributed by atoms with Gasteiger partial charge in [-0.2, -0.15) is 0 Å². The largest absolute Gasteiger partial charge is 0.497 e. The summed E-state index contributed by atoms with van der Waals surface area (Å²) >= 11 is 1.39. The number of carbonyl (C=O) groups is 1. The minimum absolute atomic E-state index is 0.0731. The molecular weight excluding hydrogens is 376 g/mol. The fourth-order valence-electron chi connectivity index (χ4n) is 3.43. The molecule has 1 aliphatic rings. The molecular formula is C20H22N4O3S. The average molecular weight is 398 g/mol. The maximum absolute atomic E-state index is 13.0. The maximum atomic E-state index is 13.0. The molecule has 8 heteroatoms. The molecule has 4 rings (SSSR count). The van der Waals surface area contributed by atoms with Crippen LogP contribution >= 0.6 is 11.3 Å². The Morgan fingerprint density at radius 1 is 1.29 bits per heavy atom. The van der Waals surface area contributed by atoms with Crippen LogP contribution in [-0.4, -0.2) is 35.7 Å². The molecule has 2 aromatic heterocycles. The highest BCUT2D eigenvalue weighted by atomic mass is 32.1. The molecule has 0 unspecified atom stereocenters. The molecule has 7 nitrogen and oxygen atoms in total. The number of aromatic nitrogens is 2. The fraction of sp³-hybridized carbons (Fsp3) is 0.350. The van der Waals surface area contributed by atoms with Crippen molar-refractivity contribution in [2.75, 3.05) is 30.4 Å². The van der Waals surface area contributed by atoms with E-state index in [0.29, 0.717) is 28.6 Å². The summed E-state index contributed by atoms with van der Waals surface area (Å²) in [4.78, 5) is 32.3. The predicted molar refractivity (Wildman–Crippen MR) is 112 cm³/mol. The maximum Gasteiger partial charge on any atom is 0.272 e. The number of hydrogen-bond acceptors (Lipinski definition) is 6. The van der Waals surface area contributed by atoms with Crippen molar-refractivity contribution in [2.24, 2.45) is 0 Å². The van der Waals surface area contributed by atoms with Crippen LogP contribution in [0.5, 0.6) is 5.75 Å². The highest BCUT2D eigenvalue weighted by Gasteiger charge is 2.21. The third kappa shape index (κ3) is 3.73. The number of fused-ring (bicyclic) bond motifs is 1. The molecule has 3 aromatic rings. The Balaban J connectivity index is 1.55. The molecule has 1 aliphatic heterocycles. The minimum Gasteiger partial charge on any atom is -0.497 e. The zero-order valence-electron chi connectivity index (χ0n) is 15.7. The topological polar surface area (TPSA) is 76.5 Å². The summed E-state index contributed by atoms with van der Waals surface area (Å²) < 4.78 is 7.46. The number of benzene rings is 1. The average Bonchev–Trinajstić information content (AvgIpc) is 3.39. The van der Waals surface area contributed by atoms with Crippen molar-refractivity contribution in [1.29, 1.82) is 0 Å². The van der Waals surface area contributed by atoms with Gasteiger partial charge in [-0.1, -0.05) is 6.07 Å². The predicted octanol–water partition coefficient (Wildman–Crippen LogP) is 3.10. The molecule has 0 saturated carbocycles. The van der Waals surface area contributed by atoms with Crippen LogP contribution < -0.4 is 20.5 Å². The summed E-state index contributed by atoms with van der Waals surface area (Å²) in [5.74, 6) is 1.19. The van der Waals surface area contributed by atoms with Crippen LogP contribution in [0.4, 0.5) is 11.6 Å². The lowest BCUT2D eigenvalue weighted by Gasteiger charge is -2.21. The number of nitrogens with one attached hydrogen (secondary N) is 1. The van der Waals surface area contributed by atoms with Gasteiger partial charge in [-0.15, -0.1) is 11.3 Å². The van der Waals surface area contributed by atoms with Gasteiger partial charge in [0.05, 0.1) is 12.6 Å². The molecule has 3 heterocycles. The van der Waals surface area contributed by atoms with Crippen molar-refractivity contribution in [3.8, 4) is 5.75 Å². The SMILES string of the molecule is COc1cccc(NC(=O)CCn2c(N3CCCC3)nc3ccsc3c2=O)c1. The second kappa shape index (κ2) is 8.02. The highest BCUT2D eigenvalue weighted by Crippen LogP contribution is 2.23. The first-order valence-electron chi connectivity index (χ1n) is 9.32. The van der Waals surface area contributed by atoms with Crippen molar-refractivity contribution in [2.45, 2.75) is 25.8 Å². The van der Waals surface area contributed by atoms with E-state index in [9.17, 15) is 9.59 Å². The van der Waals surface area contributed by atoms with E-state index in [2.05, 4.69) is 10.2 Å². The summed E-state index contributed by atoms with van der Waals surface area (Å²) in [7, 11) is 1.58. The standard InChI is InChI=1S/C20H22N4O3S/c1-27-15-6-4-5-14(13-15)21-17(25)7-11-24-19(26)18-16(8-12-28-18)22-20(24)23-9-2-3-10-23/h4-6,8,12-13H,2-3,7,9-11H2,1H3,(H,21,25). The van der Waals surface area contributed by atoms with Gasteiger partial charge in [-0.3, -0.25) is 14.2 Å². The lowest BCUT2D eigenvalue weighted by molar-refractivity contribution is -0.116. The number of carbonyl (C=O) groups excluding carboxylic acids is 1. The second-order valence-electron chi connectivity index (χ2n) is 6.73. The third-order valence-corrected chi connectivity index (χ3v) is 5.74. The first-order valence-corrected chi connectivity index (χ1v) is 10.2. The van der Waals surface area contributed by atoms with Crippen molar-refractivity contribution >= 4 is 39.1 Å². The van der Waals surface area contributed by atoms with E-state index in [1.807, 2.05) is 29.6 Å². The lowest BCUT2D eigenvalue weighted by atomic mass is 10.3. The van der Waals surface area contributed by atoms with Gasteiger partial charge in [-0.25, -0.2) is 4.98 Å². The van der Waals surface area contributed by atoms with E-state index in [4.69, 9.17) is 9.72 Å². The minimum atomic E-state index is -0.154. The molecule has 0 bridgehead atoms. The molecule has 0 atom stereocenters. The quantitative estimate of drug-likeness (QED) is 0.690. The first kappa shape index (κ1) is 18.5. The summed E-state index contributed by atoms with van der Waals surface area (Å²) in [6.45, 7) is 2.07. The molecule has 146 valence electrons. The molecule has 0 spiro atoms. The highest BCUT2D eigenvalue weighted by molar-refractivity contribution is 7.17. The number of rotatable bonds is 6. The van der Waals surface area contributed by atoms with Gasteiger partial charge < -0.3 is 15.0 Å². The van der Waals surface area contributed by atoms with E-state index in [-0.39, 0.29) is 17.9 Å². The number of anilines is 2. The van der Waals surface area contributed by atoms with Crippen LogP contribution in [0.15, 0.2) is 40.5 Å². The van der Waals surface area contributed by atoms with Gasteiger partial charge in [0, 0.05) is 37.8 Å². The van der Waals surface area contributed by atoms with E-state index >= 15 is 0 Å². The number of nitrogens with zero attached hydrogens (tertiary/aromatic N) is 3. The Morgan fingerprint density at radius 3 is 2.89 bits per heavy atom. The Hall–Kier alpha value is -2.87. The molecule has 0 radical (unpaired) electrons. The number of ether oxygens (including phenoxy) is 1. The van der Waals surface area contributed by atoms with E-state index in [1.54, 1.807) is 17.7 Å². The number of amides is 1. The Morgan fingerprint density at radius 2 is 2.11 bits per heavy atom. The van der Waals surface area contributed by atoms with Crippen molar-refractivity contribution in [3.63, 3.8) is 0 Å². The normalized spacial score (nSPS) is 13.8. The first-order chi connectivity index (χ1) is 13.7. The van der Waals surface area contributed by atoms with Gasteiger partial charge in [0.15, 0.2) is 0 Å². The van der Waals surface area contributed by atoms with Crippen LogP contribution in [0.3, 0.4) is 0 Å². The summed E-state index contributed by atoms with van der Waals surface area (Å²) in [5, 5.41) is 4.74. The molecule has 28 heavy (non-hydrogen) atoms. The molecule has 1 saturated heterocycles. The zero-order valence-corrected chi connectivity index (χ0v) is 16.5. The van der Waals surface area contributed by atoms with Gasteiger partial charge >= 0.3 is 0 Å². The molecule has 1 aromatic carbocycles. The summed E-state index contributed by atoms with van der Waals surface area (Å²) in [5.41, 5.74) is 1.33. The molecule has 1 fully saturated rings. The summed E-state index contributed by atoms with van der Waals surface area (Å²) in [6.07, 6.45) is 2.37. The van der Waals surface area contributed by atoms with Crippen LogP contribution in [0.25, 0.3) is 10.2 Å². The summed E-state index contributed by atoms with van der Waals surface area (Å²) in [6, 6.07) is 9.08. The van der Waals surface area contributed by atoms with Crippen LogP contribution in [-0.2, 0) is 11.3 Å². The smallest absolute Gasteiger partial charge is 0.272 e. The van der Waals surface area contributed by atoms with Crippen LogP contribution in [0.1, 0.15) is 19.3 Å². The molecule has 1 N–H and O–H groups in total. The number of thiophene rings is 1. The van der Waals surface area contributed by atoms with E-state index in [1.165, 1.54) is 11.3 Å². The van der Waals surface area contributed by atoms with Crippen LogP contribution in [0.2, 0.25) is 0 Å². The fourth-order valence-corrected chi connectivity index (χ4v) is 4.21. The molecule has 1 amide bonds.